The smallest absolute Gasteiger partial charge is 0.262 e. The Morgan fingerprint density at radius 3 is 2.25 bits per heavy atom. The maximum absolute atomic E-state index is 13.4. The highest BCUT2D eigenvalue weighted by Crippen LogP contribution is 2.23. The highest BCUT2D eigenvalue weighted by Gasteiger charge is 2.26. The van der Waals surface area contributed by atoms with Gasteiger partial charge in [0.05, 0.1) is 30.5 Å². The van der Waals surface area contributed by atoms with Gasteiger partial charge in [-0.1, -0.05) is 60.2 Å². The van der Waals surface area contributed by atoms with Crippen LogP contribution in [0.1, 0.15) is 16.7 Å². The minimum Gasteiger partial charge on any atom is -0.495 e. The number of nitrogens with zero attached hydrogens (tertiary/aromatic N) is 2. The van der Waals surface area contributed by atoms with Gasteiger partial charge in [-0.25, -0.2) is 13.8 Å². The third kappa shape index (κ3) is 9.25. The average Bonchev–Trinajstić information content (AvgIpc) is 3.03. The van der Waals surface area contributed by atoms with Gasteiger partial charge in [0.2, 0.25) is 10.0 Å². The Morgan fingerprint density at radius 2 is 1.55 bits per heavy atom. The zero-order valence-corrected chi connectivity index (χ0v) is 25.3. The lowest BCUT2D eigenvalue weighted by molar-refractivity contribution is -0.121. The van der Waals surface area contributed by atoms with Crippen LogP contribution in [0, 0.1) is 6.92 Å². The van der Waals surface area contributed by atoms with Crippen LogP contribution in [0.2, 0.25) is 0 Å². The van der Waals surface area contributed by atoms with E-state index in [1.807, 2.05) is 37.3 Å². The summed E-state index contributed by atoms with van der Waals surface area (Å²) in [5.41, 5.74) is 5.50. The van der Waals surface area contributed by atoms with Crippen LogP contribution in [0.25, 0.3) is 0 Å². The van der Waals surface area contributed by atoms with E-state index in [2.05, 4.69) is 15.8 Å². The van der Waals surface area contributed by atoms with Gasteiger partial charge in [-0.3, -0.25) is 9.59 Å². The maximum Gasteiger partial charge on any atom is 0.262 e. The molecule has 4 aromatic rings. The van der Waals surface area contributed by atoms with Crippen molar-refractivity contribution in [3.63, 3.8) is 0 Å². The molecule has 11 heteroatoms. The predicted octanol–water partition coefficient (Wildman–Crippen LogP) is 4.40. The van der Waals surface area contributed by atoms with Crippen molar-refractivity contribution in [2.24, 2.45) is 5.10 Å². The number of methoxy groups -OCH3 is 1. The first-order chi connectivity index (χ1) is 21.2. The monoisotopic (exact) mass is 614 g/mol. The summed E-state index contributed by atoms with van der Waals surface area (Å²) in [6, 6.07) is 29.8. The van der Waals surface area contributed by atoms with Crippen molar-refractivity contribution in [2.75, 3.05) is 32.1 Å². The van der Waals surface area contributed by atoms with Gasteiger partial charge in [0, 0.05) is 6.54 Å². The van der Waals surface area contributed by atoms with Gasteiger partial charge in [0.25, 0.3) is 11.8 Å². The molecule has 0 atom stereocenters. The van der Waals surface area contributed by atoms with Gasteiger partial charge in [0.1, 0.15) is 11.5 Å². The van der Waals surface area contributed by atoms with Crippen LogP contribution in [-0.2, 0) is 26.0 Å². The van der Waals surface area contributed by atoms with Gasteiger partial charge < -0.3 is 14.8 Å². The minimum absolute atomic E-state index is 0.118. The van der Waals surface area contributed by atoms with E-state index >= 15 is 0 Å². The van der Waals surface area contributed by atoms with Crippen molar-refractivity contribution >= 4 is 33.7 Å². The molecule has 0 unspecified atom stereocenters. The summed E-state index contributed by atoms with van der Waals surface area (Å²) in [6.07, 6.45) is 1.87. The van der Waals surface area contributed by atoms with Crippen LogP contribution in [0.15, 0.2) is 113 Å². The number of anilines is 1. The topological polar surface area (TPSA) is 126 Å². The van der Waals surface area contributed by atoms with Crippen LogP contribution in [-0.4, -0.2) is 57.6 Å². The standard InChI is InChI=1S/C33H34N4O6S/c1-25-12-18-29(19-13-25)44(40,41)37(21-20-26-8-4-3-5-9-26)23-32(38)36-34-22-27-14-16-28(17-15-27)43-24-33(39)35-30-10-6-7-11-31(30)42-2/h3-19,22H,20-21,23-24H2,1-2H3,(H,35,39)(H,36,38)/b34-22+. The Labute approximate surface area is 257 Å². The lowest BCUT2D eigenvalue weighted by atomic mass is 10.1. The second-order valence-corrected chi connectivity index (χ2v) is 11.7. The molecule has 0 radical (unpaired) electrons. The summed E-state index contributed by atoms with van der Waals surface area (Å²) in [5.74, 6) is 0.0946. The molecule has 4 aromatic carbocycles. The first-order valence-corrected chi connectivity index (χ1v) is 15.3. The number of hydrogen-bond donors (Lipinski definition) is 2. The zero-order valence-electron chi connectivity index (χ0n) is 24.5. The number of amides is 2. The molecule has 0 fully saturated rings. The number of sulfonamides is 1. The second kappa shape index (κ2) is 15.5. The molecule has 2 N–H and O–H groups in total. The van der Waals surface area contributed by atoms with E-state index in [0.717, 1.165) is 15.4 Å². The molecule has 0 saturated heterocycles. The molecule has 10 nitrogen and oxygen atoms in total. The molecule has 0 aromatic heterocycles. The molecule has 0 aliphatic rings. The number of benzene rings is 4. The molecule has 4 rings (SSSR count). The number of hydrogen-bond acceptors (Lipinski definition) is 7. The Balaban J connectivity index is 1.31. The molecular formula is C33H34N4O6S. The molecule has 0 bridgehead atoms. The van der Waals surface area contributed by atoms with Gasteiger partial charge in [-0.2, -0.15) is 9.41 Å². The van der Waals surface area contributed by atoms with Gasteiger partial charge >= 0.3 is 0 Å². The van der Waals surface area contributed by atoms with E-state index in [4.69, 9.17) is 9.47 Å². The first kappa shape index (κ1) is 31.9. The number of ether oxygens (including phenoxy) is 2. The molecule has 228 valence electrons. The minimum atomic E-state index is -3.93. The van der Waals surface area contributed by atoms with Crippen molar-refractivity contribution in [1.82, 2.24) is 9.73 Å². The average molecular weight is 615 g/mol. The summed E-state index contributed by atoms with van der Waals surface area (Å²) < 4.78 is 38.8. The highest BCUT2D eigenvalue weighted by atomic mass is 32.2. The SMILES string of the molecule is COc1ccccc1NC(=O)COc1ccc(/C=N/NC(=O)CN(CCc2ccccc2)S(=O)(=O)c2ccc(C)cc2)cc1. The molecule has 44 heavy (non-hydrogen) atoms. The number of carbonyl (C=O) groups excluding carboxylic acids is 2. The Bertz CT molecular complexity index is 1680. The fourth-order valence-corrected chi connectivity index (χ4v) is 5.55. The molecule has 0 aliphatic carbocycles. The highest BCUT2D eigenvalue weighted by molar-refractivity contribution is 7.89. The lowest BCUT2D eigenvalue weighted by Crippen LogP contribution is -2.40. The van der Waals surface area contributed by atoms with E-state index in [0.29, 0.717) is 29.2 Å². The van der Waals surface area contributed by atoms with Crippen LogP contribution >= 0.6 is 0 Å². The van der Waals surface area contributed by atoms with Crippen molar-refractivity contribution < 1.29 is 27.5 Å². The zero-order chi connectivity index (χ0) is 31.4. The largest absolute Gasteiger partial charge is 0.495 e. The van der Waals surface area contributed by atoms with Crippen LogP contribution in [0.5, 0.6) is 11.5 Å². The fourth-order valence-electron chi connectivity index (χ4n) is 4.15. The Morgan fingerprint density at radius 1 is 0.864 bits per heavy atom. The normalized spacial score (nSPS) is 11.3. The molecule has 0 spiro atoms. The van der Waals surface area contributed by atoms with E-state index in [1.165, 1.54) is 25.5 Å². The molecular weight excluding hydrogens is 580 g/mol. The molecule has 0 saturated carbocycles. The number of rotatable bonds is 14. The van der Waals surface area contributed by atoms with E-state index in [9.17, 15) is 18.0 Å². The third-order valence-corrected chi connectivity index (χ3v) is 8.36. The molecule has 0 heterocycles. The number of para-hydroxylation sites is 2. The predicted molar refractivity (Wildman–Crippen MR) is 169 cm³/mol. The maximum atomic E-state index is 13.4. The number of hydrazone groups is 1. The molecule has 2 amide bonds. The van der Waals surface area contributed by atoms with Crippen molar-refractivity contribution in [2.45, 2.75) is 18.2 Å². The number of nitrogens with one attached hydrogen (secondary N) is 2. The van der Waals surface area contributed by atoms with Gasteiger partial charge in [-0.05, 0) is 73.0 Å². The van der Waals surface area contributed by atoms with Crippen LogP contribution < -0.4 is 20.2 Å². The summed E-state index contributed by atoms with van der Waals surface area (Å²) in [5, 5.41) is 6.72. The Kier molecular flexibility index (Phi) is 11.2. The fraction of sp³-hybridized carbons (Fsp3) is 0.182. The van der Waals surface area contributed by atoms with Crippen LogP contribution in [0.4, 0.5) is 5.69 Å². The van der Waals surface area contributed by atoms with E-state index in [-0.39, 0.29) is 24.0 Å². The van der Waals surface area contributed by atoms with E-state index in [1.54, 1.807) is 60.7 Å². The number of carbonyl (C=O) groups is 2. The van der Waals surface area contributed by atoms with Crippen molar-refractivity contribution in [1.29, 1.82) is 0 Å². The quantitative estimate of drug-likeness (QED) is 0.160. The lowest BCUT2D eigenvalue weighted by Gasteiger charge is -2.21. The number of aryl methyl sites for hydroxylation is 1. The van der Waals surface area contributed by atoms with Gasteiger partial charge in [0.15, 0.2) is 6.61 Å². The first-order valence-electron chi connectivity index (χ1n) is 13.8. The summed E-state index contributed by atoms with van der Waals surface area (Å²) in [6.45, 7) is 1.40. The van der Waals surface area contributed by atoms with E-state index < -0.39 is 22.5 Å². The van der Waals surface area contributed by atoms with Crippen molar-refractivity contribution in [3.05, 3.63) is 120 Å². The van der Waals surface area contributed by atoms with Gasteiger partial charge in [-0.15, -0.1) is 0 Å². The third-order valence-electron chi connectivity index (χ3n) is 6.51. The van der Waals surface area contributed by atoms with Crippen molar-refractivity contribution in [3.8, 4) is 11.5 Å². The molecule has 0 aliphatic heterocycles. The summed E-state index contributed by atoms with van der Waals surface area (Å²) in [7, 11) is -2.40. The Hall–Kier alpha value is -5.00. The summed E-state index contributed by atoms with van der Waals surface area (Å²) >= 11 is 0. The summed E-state index contributed by atoms with van der Waals surface area (Å²) in [4.78, 5) is 25.2. The second-order valence-electron chi connectivity index (χ2n) is 9.79. The van der Waals surface area contributed by atoms with Crippen LogP contribution in [0.3, 0.4) is 0 Å².